The minimum Gasteiger partial charge on any atom is -0.479 e. The number of carbonyl (C=O) groups is 2. The van der Waals surface area contributed by atoms with Crippen molar-refractivity contribution in [2.75, 3.05) is 11.9 Å². The zero-order chi connectivity index (χ0) is 18.4. The molecule has 2 aromatic rings. The predicted octanol–water partition coefficient (Wildman–Crippen LogP) is 3.53. The summed E-state index contributed by atoms with van der Waals surface area (Å²) in [6, 6.07) is 8.59. The first-order valence-electron chi connectivity index (χ1n) is 7.27. The summed E-state index contributed by atoms with van der Waals surface area (Å²) in [5.74, 6) is -0.686. The van der Waals surface area contributed by atoms with Gasteiger partial charge in [-0.3, -0.25) is 4.79 Å². The molecule has 0 aliphatic carbocycles. The minimum atomic E-state index is -0.885. The van der Waals surface area contributed by atoms with Gasteiger partial charge in [-0.25, -0.2) is 4.79 Å². The van der Waals surface area contributed by atoms with Gasteiger partial charge in [0.1, 0.15) is 16.8 Å². The van der Waals surface area contributed by atoms with Crippen molar-refractivity contribution in [3.8, 4) is 11.8 Å². The van der Waals surface area contributed by atoms with Crippen molar-refractivity contribution in [2.45, 2.75) is 20.0 Å². The molecule has 0 saturated heterocycles. The van der Waals surface area contributed by atoms with Gasteiger partial charge in [0.25, 0.3) is 5.91 Å². The van der Waals surface area contributed by atoms with Gasteiger partial charge in [-0.2, -0.15) is 5.26 Å². The summed E-state index contributed by atoms with van der Waals surface area (Å²) < 4.78 is 10.5. The van der Waals surface area contributed by atoms with E-state index in [-0.39, 0.29) is 0 Å². The Hall–Kier alpha value is -2.56. The highest BCUT2D eigenvalue weighted by atomic mass is 35.5. The smallest absolute Gasteiger partial charge is 0.347 e. The molecule has 0 fully saturated rings. The molecule has 0 bridgehead atoms. The van der Waals surface area contributed by atoms with Crippen molar-refractivity contribution in [1.82, 2.24) is 0 Å². The van der Waals surface area contributed by atoms with E-state index in [9.17, 15) is 9.59 Å². The summed E-state index contributed by atoms with van der Waals surface area (Å²) in [4.78, 5) is 23.8. The second-order valence-electron chi connectivity index (χ2n) is 5.10. The Morgan fingerprint density at radius 3 is 2.84 bits per heavy atom. The number of benzene rings is 1. The van der Waals surface area contributed by atoms with Crippen LogP contribution < -0.4 is 10.1 Å². The average Bonchev–Trinajstić information content (AvgIpc) is 3.02. The largest absolute Gasteiger partial charge is 0.479 e. The number of thiophene rings is 1. The number of nitriles is 1. The van der Waals surface area contributed by atoms with Crippen LogP contribution in [0.4, 0.5) is 5.00 Å². The van der Waals surface area contributed by atoms with Crippen molar-refractivity contribution < 1.29 is 19.1 Å². The SMILES string of the molecule is Cc1cc(Cl)ccc1OC(C)C(=O)OCC(=O)Nc1sccc1C#N. The molecule has 1 heterocycles. The van der Waals surface area contributed by atoms with Crippen LogP contribution in [-0.4, -0.2) is 24.6 Å². The van der Waals surface area contributed by atoms with E-state index in [0.717, 1.165) is 5.56 Å². The van der Waals surface area contributed by atoms with Crippen LogP contribution in [0.1, 0.15) is 18.1 Å². The average molecular weight is 379 g/mol. The molecule has 1 N–H and O–H groups in total. The monoisotopic (exact) mass is 378 g/mol. The predicted molar refractivity (Wildman–Crippen MR) is 94.9 cm³/mol. The van der Waals surface area contributed by atoms with Crippen molar-refractivity contribution in [1.29, 1.82) is 5.26 Å². The van der Waals surface area contributed by atoms with Crippen molar-refractivity contribution in [2.24, 2.45) is 0 Å². The van der Waals surface area contributed by atoms with Gasteiger partial charge >= 0.3 is 5.97 Å². The van der Waals surface area contributed by atoms with Crippen LogP contribution in [0, 0.1) is 18.3 Å². The third-order valence-corrected chi connectivity index (χ3v) is 4.22. The zero-order valence-electron chi connectivity index (χ0n) is 13.5. The molecule has 130 valence electrons. The Bertz CT molecular complexity index is 828. The lowest BCUT2D eigenvalue weighted by atomic mass is 10.2. The maximum Gasteiger partial charge on any atom is 0.347 e. The molecular weight excluding hydrogens is 364 g/mol. The van der Waals surface area contributed by atoms with Gasteiger partial charge in [0.2, 0.25) is 0 Å². The van der Waals surface area contributed by atoms with Crippen molar-refractivity contribution in [3.05, 3.63) is 45.8 Å². The number of hydrogen-bond donors (Lipinski definition) is 1. The number of rotatable bonds is 6. The fourth-order valence-corrected chi connectivity index (χ4v) is 2.87. The molecule has 1 amide bonds. The van der Waals surface area contributed by atoms with Gasteiger partial charge in [-0.1, -0.05) is 11.6 Å². The Morgan fingerprint density at radius 1 is 1.40 bits per heavy atom. The van der Waals surface area contributed by atoms with Crippen LogP contribution in [0.5, 0.6) is 5.75 Å². The van der Waals surface area contributed by atoms with E-state index in [0.29, 0.717) is 21.3 Å². The summed E-state index contributed by atoms with van der Waals surface area (Å²) in [6.45, 7) is 2.87. The zero-order valence-corrected chi connectivity index (χ0v) is 15.1. The summed E-state index contributed by atoms with van der Waals surface area (Å²) in [5, 5.41) is 14.1. The minimum absolute atomic E-state index is 0.361. The fraction of sp³-hybridized carbons (Fsp3) is 0.235. The maximum absolute atomic E-state index is 12.0. The van der Waals surface area contributed by atoms with Crippen LogP contribution in [0.3, 0.4) is 0 Å². The number of esters is 1. The summed E-state index contributed by atoms with van der Waals surface area (Å²) in [6.07, 6.45) is -0.885. The first kappa shape index (κ1) is 18.8. The standard InChI is InChI=1S/C17H15ClN2O4S/c1-10-7-13(18)3-4-14(10)24-11(2)17(22)23-9-15(21)20-16-12(8-19)5-6-25-16/h3-7,11H,9H2,1-2H3,(H,20,21). The molecule has 0 aliphatic rings. The van der Waals surface area contributed by atoms with Crippen LogP contribution in [0.25, 0.3) is 0 Å². The van der Waals surface area contributed by atoms with Gasteiger partial charge in [-0.15, -0.1) is 11.3 Å². The second-order valence-corrected chi connectivity index (χ2v) is 6.45. The number of carbonyl (C=O) groups excluding carboxylic acids is 2. The van der Waals surface area contributed by atoms with E-state index >= 15 is 0 Å². The van der Waals surface area contributed by atoms with E-state index in [4.69, 9.17) is 26.3 Å². The van der Waals surface area contributed by atoms with E-state index in [2.05, 4.69) is 5.32 Å². The Balaban J connectivity index is 1.84. The first-order chi connectivity index (χ1) is 11.9. The Kier molecular flexibility index (Phi) is 6.39. The Labute approximate surface area is 153 Å². The van der Waals surface area contributed by atoms with E-state index < -0.39 is 24.6 Å². The molecule has 2 rings (SSSR count). The molecule has 1 aromatic carbocycles. The highest BCUT2D eigenvalue weighted by molar-refractivity contribution is 7.14. The molecule has 25 heavy (non-hydrogen) atoms. The quantitative estimate of drug-likeness (QED) is 0.777. The number of nitrogens with one attached hydrogen (secondary N) is 1. The van der Waals surface area contributed by atoms with Crippen LogP contribution in [0.2, 0.25) is 5.02 Å². The van der Waals surface area contributed by atoms with Gasteiger partial charge in [-0.05, 0) is 49.1 Å². The summed E-state index contributed by atoms with van der Waals surface area (Å²) >= 11 is 7.09. The topological polar surface area (TPSA) is 88.4 Å². The fourth-order valence-electron chi connectivity index (χ4n) is 1.89. The van der Waals surface area contributed by atoms with Crippen LogP contribution >= 0.6 is 22.9 Å². The normalized spacial score (nSPS) is 11.3. The number of nitrogens with zero attached hydrogens (tertiary/aromatic N) is 1. The first-order valence-corrected chi connectivity index (χ1v) is 8.53. The summed E-state index contributed by atoms with van der Waals surface area (Å²) in [7, 11) is 0. The third-order valence-electron chi connectivity index (χ3n) is 3.16. The van der Waals surface area contributed by atoms with Gasteiger partial charge in [0.15, 0.2) is 12.7 Å². The van der Waals surface area contributed by atoms with E-state index in [1.807, 2.05) is 6.07 Å². The molecule has 1 atom stereocenters. The molecule has 0 aliphatic heterocycles. The highest BCUT2D eigenvalue weighted by Crippen LogP contribution is 2.23. The summed E-state index contributed by atoms with van der Waals surface area (Å²) in [5.41, 5.74) is 1.14. The lowest BCUT2D eigenvalue weighted by Crippen LogP contribution is -2.29. The Morgan fingerprint density at radius 2 is 2.16 bits per heavy atom. The van der Waals surface area contributed by atoms with Gasteiger partial charge in [0, 0.05) is 5.02 Å². The lowest BCUT2D eigenvalue weighted by Gasteiger charge is -2.15. The molecule has 6 nitrogen and oxygen atoms in total. The number of amides is 1. The molecule has 0 saturated carbocycles. The van der Waals surface area contributed by atoms with Crippen LogP contribution in [0.15, 0.2) is 29.6 Å². The molecule has 0 spiro atoms. The number of halogens is 1. The van der Waals surface area contributed by atoms with Gasteiger partial charge < -0.3 is 14.8 Å². The van der Waals surface area contributed by atoms with Crippen LogP contribution in [-0.2, 0) is 14.3 Å². The maximum atomic E-state index is 12.0. The molecule has 1 unspecified atom stereocenters. The van der Waals surface area contributed by atoms with Crippen molar-refractivity contribution in [3.63, 3.8) is 0 Å². The number of anilines is 1. The number of aryl methyl sites for hydroxylation is 1. The number of ether oxygens (including phenoxy) is 2. The lowest BCUT2D eigenvalue weighted by molar-refractivity contribution is -0.153. The molecule has 0 radical (unpaired) electrons. The van der Waals surface area contributed by atoms with E-state index in [1.165, 1.54) is 18.3 Å². The second kappa shape index (κ2) is 8.51. The molecular formula is C17H15ClN2O4S. The third kappa shape index (κ3) is 5.21. The van der Waals surface area contributed by atoms with Gasteiger partial charge in [0.05, 0.1) is 5.56 Å². The van der Waals surface area contributed by atoms with Crippen molar-refractivity contribution >= 4 is 39.8 Å². The molecule has 8 heteroatoms. The van der Waals surface area contributed by atoms with E-state index in [1.54, 1.807) is 36.6 Å². The molecule has 1 aromatic heterocycles. The number of hydrogen-bond acceptors (Lipinski definition) is 6. The highest BCUT2D eigenvalue weighted by Gasteiger charge is 2.19.